The van der Waals surface area contributed by atoms with Crippen molar-refractivity contribution < 1.29 is 31.1 Å². The molecule has 36 heavy (non-hydrogen) atoms. The van der Waals surface area contributed by atoms with Gasteiger partial charge in [-0.3, -0.25) is 14.2 Å². The highest BCUT2D eigenvalue weighted by atomic mass is 19.4. The van der Waals surface area contributed by atoms with Gasteiger partial charge in [0.25, 0.3) is 11.5 Å². The van der Waals surface area contributed by atoms with Crippen LogP contribution in [0, 0.1) is 6.92 Å². The molecule has 0 unspecified atom stereocenters. The Bertz CT molecular complexity index is 1470. The van der Waals surface area contributed by atoms with Crippen LogP contribution in [-0.4, -0.2) is 15.5 Å². The number of benzene rings is 2. The quantitative estimate of drug-likeness (QED) is 0.344. The molecule has 0 spiro atoms. The third-order valence-electron chi connectivity index (χ3n) is 5.40. The summed E-state index contributed by atoms with van der Waals surface area (Å²) >= 11 is 0. The SMILES string of the molecule is Cc1ccc(Cn2c(=O)c(C(=O)Nc3cc(C(F)(F)F)cc(C(F)(F)F)c3)cc3cccnc32)cc1. The van der Waals surface area contributed by atoms with Crippen LogP contribution in [0.15, 0.2) is 71.7 Å². The Labute approximate surface area is 200 Å². The summed E-state index contributed by atoms with van der Waals surface area (Å²) in [7, 11) is 0. The second-order valence-electron chi connectivity index (χ2n) is 8.10. The Hall–Kier alpha value is -4.15. The monoisotopic (exact) mass is 505 g/mol. The van der Waals surface area contributed by atoms with E-state index in [0.717, 1.165) is 11.1 Å². The van der Waals surface area contributed by atoms with E-state index >= 15 is 0 Å². The highest BCUT2D eigenvalue weighted by molar-refractivity contribution is 6.05. The lowest BCUT2D eigenvalue weighted by Crippen LogP contribution is -2.30. The minimum Gasteiger partial charge on any atom is -0.322 e. The van der Waals surface area contributed by atoms with Crippen LogP contribution in [0.3, 0.4) is 0 Å². The molecule has 0 saturated carbocycles. The van der Waals surface area contributed by atoms with Crippen LogP contribution in [0.5, 0.6) is 0 Å². The number of fused-ring (bicyclic) bond motifs is 1. The van der Waals surface area contributed by atoms with E-state index in [1.54, 1.807) is 24.3 Å². The Balaban J connectivity index is 1.78. The normalized spacial score (nSPS) is 12.1. The highest BCUT2D eigenvalue weighted by Crippen LogP contribution is 2.37. The molecule has 0 aliphatic heterocycles. The van der Waals surface area contributed by atoms with E-state index < -0.39 is 46.2 Å². The number of carbonyl (C=O) groups is 1. The van der Waals surface area contributed by atoms with Crippen molar-refractivity contribution in [3.05, 3.63) is 105 Å². The Morgan fingerprint density at radius 1 is 0.917 bits per heavy atom. The van der Waals surface area contributed by atoms with E-state index in [0.29, 0.717) is 17.5 Å². The first-order valence-electron chi connectivity index (χ1n) is 10.5. The fourth-order valence-corrected chi connectivity index (χ4v) is 3.62. The van der Waals surface area contributed by atoms with Gasteiger partial charge in [0, 0.05) is 17.3 Å². The molecule has 4 aromatic rings. The molecule has 5 nitrogen and oxygen atoms in total. The van der Waals surface area contributed by atoms with Gasteiger partial charge < -0.3 is 5.32 Å². The van der Waals surface area contributed by atoms with E-state index in [-0.39, 0.29) is 18.3 Å². The first-order valence-corrected chi connectivity index (χ1v) is 10.5. The van der Waals surface area contributed by atoms with Crippen molar-refractivity contribution >= 4 is 22.6 Å². The van der Waals surface area contributed by atoms with Crippen LogP contribution in [-0.2, 0) is 18.9 Å². The number of pyridine rings is 2. The summed E-state index contributed by atoms with van der Waals surface area (Å²) in [4.78, 5) is 30.4. The van der Waals surface area contributed by atoms with Gasteiger partial charge in [0.05, 0.1) is 17.7 Å². The summed E-state index contributed by atoms with van der Waals surface area (Å²) in [6.45, 7) is 1.92. The minimum absolute atomic E-state index is 0.0372. The number of nitrogens with zero attached hydrogens (tertiary/aromatic N) is 2. The molecule has 0 aliphatic carbocycles. The van der Waals surface area contributed by atoms with Gasteiger partial charge in [-0.15, -0.1) is 0 Å². The number of amides is 1. The van der Waals surface area contributed by atoms with Gasteiger partial charge in [-0.1, -0.05) is 29.8 Å². The van der Waals surface area contributed by atoms with Gasteiger partial charge in [0.15, 0.2) is 0 Å². The van der Waals surface area contributed by atoms with Crippen molar-refractivity contribution in [1.29, 1.82) is 0 Å². The average Bonchev–Trinajstić information content (AvgIpc) is 2.80. The lowest BCUT2D eigenvalue weighted by atomic mass is 10.1. The zero-order valence-electron chi connectivity index (χ0n) is 18.5. The summed E-state index contributed by atoms with van der Waals surface area (Å²) in [5.74, 6) is -1.16. The van der Waals surface area contributed by atoms with Gasteiger partial charge in [-0.25, -0.2) is 4.98 Å². The summed E-state index contributed by atoms with van der Waals surface area (Å²) in [6, 6.07) is 12.3. The Kier molecular flexibility index (Phi) is 6.33. The predicted molar refractivity (Wildman–Crippen MR) is 121 cm³/mol. The van der Waals surface area contributed by atoms with Crippen LogP contribution in [0.2, 0.25) is 0 Å². The molecule has 11 heteroatoms. The summed E-state index contributed by atoms with van der Waals surface area (Å²) in [5.41, 5.74) is -3.23. The van der Waals surface area contributed by atoms with Gasteiger partial charge in [0.1, 0.15) is 11.2 Å². The second-order valence-corrected chi connectivity index (χ2v) is 8.10. The van der Waals surface area contributed by atoms with Crippen LogP contribution in [0.1, 0.15) is 32.6 Å². The minimum atomic E-state index is -5.09. The molecule has 186 valence electrons. The first-order chi connectivity index (χ1) is 16.8. The number of rotatable bonds is 4. The molecule has 2 aromatic carbocycles. The zero-order chi connectivity index (χ0) is 26.3. The number of alkyl halides is 6. The molecule has 1 N–H and O–H groups in total. The number of hydrogen-bond donors (Lipinski definition) is 1. The number of carbonyl (C=O) groups excluding carboxylic acids is 1. The predicted octanol–water partition coefficient (Wildman–Crippen LogP) is 6.04. The van der Waals surface area contributed by atoms with Crippen molar-refractivity contribution in [2.75, 3.05) is 5.32 Å². The van der Waals surface area contributed by atoms with Crippen LogP contribution < -0.4 is 10.9 Å². The maximum absolute atomic E-state index is 13.2. The average molecular weight is 505 g/mol. The van der Waals surface area contributed by atoms with E-state index in [2.05, 4.69) is 4.98 Å². The lowest BCUT2D eigenvalue weighted by Gasteiger charge is -2.15. The molecule has 4 rings (SSSR count). The second kappa shape index (κ2) is 9.14. The van der Waals surface area contributed by atoms with E-state index in [1.165, 1.54) is 16.8 Å². The Morgan fingerprint density at radius 2 is 1.53 bits per heavy atom. The topological polar surface area (TPSA) is 64.0 Å². The highest BCUT2D eigenvalue weighted by Gasteiger charge is 2.37. The number of halogens is 6. The third kappa shape index (κ3) is 5.24. The molecule has 0 saturated heterocycles. The maximum Gasteiger partial charge on any atom is 0.416 e. The third-order valence-corrected chi connectivity index (χ3v) is 5.40. The number of aromatic nitrogens is 2. The molecule has 0 radical (unpaired) electrons. The van der Waals surface area contributed by atoms with E-state index in [1.807, 2.05) is 24.4 Å². The largest absolute Gasteiger partial charge is 0.416 e. The van der Waals surface area contributed by atoms with Crippen molar-refractivity contribution in [1.82, 2.24) is 9.55 Å². The molecule has 0 fully saturated rings. The molecule has 0 aliphatic rings. The van der Waals surface area contributed by atoms with Gasteiger partial charge >= 0.3 is 12.4 Å². The molecule has 0 atom stereocenters. The molecule has 2 heterocycles. The van der Waals surface area contributed by atoms with Gasteiger partial charge in [0.2, 0.25) is 0 Å². The van der Waals surface area contributed by atoms with Gasteiger partial charge in [-0.05, 0) is 48.9 Å². The van der Waals surface area contributed by atoms with Crippen molar-refractivity contribution in [3.63, 3.8) is 0 Å². The smallest absolute Gasteiger partial charge is 0.322 e. The van der Waals surface area contributed by atoms with Crippen molar-refractivity contribution in [2.24, 2.45) is 0 Å². The fraction of sp³-hybridized carbons (Fsp3) is 0.160. The van der Waals surface area contributed by atoms with Crippen molar-refractivity contribution in [3.8, 4) is 0 Å². The van der Waals surface area contributed by atoms with Crippen LogP contribution in [0.25, 0.3) is 11.0 Å². The number of aryl methyl sites for hydroxylation is 1. The molecule has 0 bridgehead atoms. The zero-order valence-corrected chi connectivity index (χ0v) is 18.5. The first kappa shape index (κ1) is 25.0. The maximum atomic E-state index is 13.2. The van der Waals surface area contributed by atoms with E-state index in [9.17, 15) is 35.9 Å². The number of hydrogen-bond acceptors (Lipinski definition) is 3. The van der Waals surface area contributed by atoms with Crippen LogP contribution in [0.4, 0.5) is 32.0 Å². The molecule has 1 amide bonds. The van der Waals surface area contributed by atoms with Crippen LogP contribution >= 0.6 is 0 Å². The summed E-state index contributed by atoms with van der Waals surface area (Å²) in [5, 5.41) is 2.40. The molecular weight excluding hydrogens is 488 g/mol. The number of anilines is 1. The fourth-order valence-electron chi connectivity index (χ4n) is 3.62. The standard InChI is InChI=1S/C25H17F6N3O2/c1-14-4-6-15(7-5-14)13-34-21-16(3-2-8-32-21)9-20(23(34)36)22(35)33-19-11-17(24(26,27)28)10-18(12-19)25(29,30)31/h2-12H,13H2,1H3,(H,33,35). The Morgan fingerprint density at radius 3 is 2.11 bits per heavy atom. The molecular formula is C25H17F6N3O2. The van der Waals surface area contributed by atoms with E-state index in [4.69, 9.17) is 0 Å². The van der Waals surface area contributed by atoms with Gasteiger partial charge in [-0.2, -0.15) is 26.3 Å². The molecule has 2 aromatic heterocycles. The lowest BCUT2D eigenvalue weighted by molar-refractivity contribution is -0.143. The van der Waals surface area contributed by atoms with Crippen molar-refractivity contribution in [2.45, 2.75) is 25.8 Å². The summed E-state index contributed by atoms with van der Waals surface area (Å²) < 4.78 is 80.3. The summed E-state index contributed by atoms with van der Waals surface area (Å²) in [6.07, 6.45) is -8.72. The number of nitrogens with one attached hydrogen (secondary N) is 1.